The normalized spacial score (nSPS) is 12.6. The SMILES string of the molecule is C/C(=N\OCC(=O)Nc1ccc(C(C)(C)C)cc1)C(C)(C)c1ccccc1. The molecule has 1 amide bonds. The van der Waals surface area contributed by atoms with E-state index in [1.54, 1.807) is 0 Å². The minimum absolute atomic E-state index is 0.0868. The fourth-order valence-corrected chi connectivity index (χ4v) is 2.62. The number of nitrogens with one attached hydrogen (secondary N) is 1. The Labute approximate surface area is 162 Å². The first kappa shape index (κ1) is 20.7. The van der Waals surface area contributed by atoms with Gasteiger partial charge in [0.15, 0.2) is 6.61 Å². The summed E-state index contributed by atoms with van der Waals surface area (Å²) in [5.74, 6) is -0.229. The summed E-state index contributed by atoms with van der Waals surface area (Å²) in [5.41, 5.74) is 3.76. The summed E-state index contributed by atoms with van der Waals surface area (Å²) in [6.45, 7) is 12.4. The number of carbonyl (C=O) groups is 1. The van der Waals surface area contributed by atoms with Crippen LogP contribution in [0.3, 0.4) is 0 Å². The first-order chi connectivity index (χ1) is 12.6. The van der Waals surface area contributed by atoms with E-state index in [1.807, 2.05) is 49.4 Å². The molecule has 0 aromatic heterocycles. The minimum Gasteiger partial charge on any atom is -0.386 e. The van der Waals surface area contributed by atoms with Gasteiger partial charge in [-0.1, -0.05) is 82.2 Å². The van der Waals surface area contributed by atoms with Gasteiger partial charge in [-0.25, -0.2) is 0 Å². The molecule has 0 unspecified atom stereocenters. The van der Waals surface area contributed by atoms with Crippen LogP contribution in [0.5, 0.6) is 0 Å². The van der Waals surface area contributed by atoms with Crippen molar-refractivity contribution in [3.8, 4) is 0 Å². The molecule has 4 heteroatoms. The van der Waals surface area contributed by atoms with Crippen LogP contribution in [0, 0.1) is 0 Å². The molecule has 4 nitrogen and oxygen atoms in total. The zero-order valence-electron chi connectivity index (χ0n) is 17.2. The molecule has 0 saturated heterocycles. The Morgan fingerprint density at radius 1 is 0.926 bits per heavy atom. The molecule has 0 aliphatic rings. The van der Waals surface area contributed by atoms with Crippen LogP contribution in [-0.2, 0) is 20.5 Å². The summed E-state index contributed by atoms with van der Waals surface area (Å²) in [6, 6.07) is 18.0. The fraction of sp³-hybridized carbons (Fsp3) is 0.391. The van der Waals surface area contributed by atoms with Gasteiger partial charge in [0.1, 0.15) is 0 Å². The lowest BCUT2D eigenvalue weighted by atomic mass is 9.81. The van der Waals surface area contributed by atoms with Crippen LogP contribution >= 0.6 is 0 Å². The first-order valence-corrected chi connectivity index (χ1v) is 9.23. The predicted octanol–water partition coefficient (Wildman–Crippen LogP) is 5.29. The standard InChI is InChI=1S/C23H30N2O2/c1-17(23(5,6)19-10-8-7-9-11-19)25-27-16-21(26)24-20-14-12-18(13-15-20)22(2,3)4/h7-15H,16H2,1-6H3,(H,24,26)/b25-17+. The number of oxime groups is 1. The van der Waals surface area contributed by atoms with Gasteiger partial charge in [-0.05, 0) is 35.6 Å². The van der Waals surface area contributed by atoms with Crippen LogP contribution in [-0.4, -0.2) is 18.2 Å². The molecular weight excluding hydrogens is 336 g/mol. The van der Waals surface area contributed by atoms with E-state index >= 15 is 0 Å². The third-order valence-electron chi connectivity index (χ3n) is 4.83. The summed E-state index contributed by atoms with van der Waals surface area (Å²) in [5, 5.41) is 6.99. The molecule has 27 heavy (non-hydrogen) atoms. The van der Waals surface area contributed by atoms with Crippen LogP contribution in [0.25, 0.3) is 0 Å². The maximum absolute atomic E-state index is 12.1. The number of amides is 1. The van der Waals surface area contributed by atoms with Gasteiger partial charge in [0.2, 0.25) is 0 Å². The molecule has 1 N–H and O–H groups in total. The van der Waals surface area contributed by atoms with Crippen molar-refractivity contribution in [2.45, 2.75) is 52.4 Å². The van der Waals surface area contributed by atoms with Gasteiger partial charge >= 0.3 is 0 Å². The van der Waals surface area contributed by atoms with Gasteiger partial charge in [0.05, 0.1) is 5.71 Å². The number of hydrogen-bond donors (Lipinski definition) is 1. The molecule has 0 bridgehead atoms. The molecule has 0 fully saturated rings. The van der Waals surface area contributed by atoms with E-state index in [0.29, 0.717) is 0 Å². The Bertz CT molecular complexity index is 785. The molecule has 0 atom stereocenters. The van der Waals surface area contributed by atoms with Crippen LogP contribution in [0.2, 0.25) is 0 Å². The van der Waals surface area contributed by atoms with E-state index in [0.717, 1.165) is 17.0 Å². The van der Waals surface area contributed by atoms with Gasteiger partial charge < -0.3 is 10.2 Å². The zero-order chi connectivity index (χ0) is 20.1. The van der Waals surface area contributed by atoms with E-state index in [1.165, 1.54) is 5.56 Å². The van der Waals surface area contributed by atoms with Crippen molar-refractivity contribution in [1.29, 1.82) is 0 Å². The van der Waals surface area contributed by atoms with Gasteiger partial charge in [-0.3, -0.25) is 4.79 Å². The Kier molecular flexibility index (Phi) is 6.42. The highest BCUT2D eigenvalue weighted by atomic mass is 16.6. The monoisotopic (exact) mass is 366 g/mol. The second kappa shape index (κ2) is 8.38. The lowest BCUT2D eigenvalue weighted by molar-refractivity contribution is -0.120. The molecule has 2 rings (SSSR count). The predicted molar refractivity (Wildman–Crippen MR) is 112 cm³/mol. The number of carbonyl (C=O) groups excluding carboxylic acids is 1. The topological polar surface area (TPSA) is 50.7 Å². The summed E-state index contributed by atoms with van der Waals surface area (Å²) < 4.78 is 0. The van der Waals surface area contributed by atoms with Crippen LogP contribution in [0.15, 0.2) is 59.8 Å². The molecule has 0 aliphatic carbocycles. The Hall–Kier alpha value is -2.62. The van der Waals surface area contributed by atoms with Crippen molar-refractivity contribution in [3.05, 3.63) is 65.7 Å². The average molecular weight is 367 g/mol. The van der Waals surface area contributed by atoms with Crippen LogP contribution < -0.4 is 5.32 Å². The van der Waals surface area contributed by atoms with Crippen molar-refractivity contribution in [2.75, 3.05) is 11.9 Å². The van der Waals surface area contributed by atoms with E-state index in [9.17, 15) is 4.79 Å². The molecule has 0 heterocycles. The van der Waals surface area contributed by atoms with Gasteiger partial charge in [-0.15, -0.1) is 0 Å². The number of anilines is 1. The number of benzene rings is 2. The summed E-state index contributed by atoms with van der Waals surface area (Å²) >= 11 is 0. The number of rotatable bonds is 6. The molecule has 0 saturated carbocycles. The highest BCUT2D eigenvalue weighted by Gasteiger charge is 2.24. The summed E-state index contributed by atoms with van der Waals surface area (Å²) in [7, 11) is 0. The van der Waals surface area contributed by atoms with Crippen molar-refractivity contribution >= 4 is 17.3 Å². The maximum Gasteiger partial charge on any atom is 0.265 e. The van der Waals surface area contributed by atoms with Gasteiger partial charge in [-0.2, -0.15) is 0 Å². The number of hydrogen-bond acceptors (Lipinski definition) is 3. The highest BCUT2D eigenvalue weighted by molar-refractivity contribution is 5.93. The fourth-order valence-electron chi connectivity index (χ4n) is 2.62. The Morgan fingerprint density at radius 2 is 1.52 bits per heavy atom. The summed E-state index contributed by atoms with van der Waals surface area (Å²) in [6.07, 6.45) is 0. The number of nitrogens with zero attached hydrogens (tertiary/aromatic N) is 1. The van der Waals surface area contributed by atoms with E-state index in [2.05, 4.69) is 57.2 Å². The Balaban J connectivity index is 1.91. The van der Waals surface area contributed by atoms with Gasteiger partial charge in [0, 0.05) is 11.1 Å². The lowest BCUT2D eigenvalue weighted by Gasteiger charge is -2.24. The molecule has 0 radical (unpaired) electrons. The van der Waals surface area contributed by atoms with Gasteiger partial charge in [0.25, 0.3) is 5.91 Å². The second-order valence-corrected chi connectivity index (χ2v) is 8.32. The summed E-state index contributed by atoms with van der Waals surface area (Å²) in [4.78, 5) is 17.4. The van der Waals surface area contributed by atoms with Crippen LogP contribution in [0.4, 0.5) is 5.69 Å². The zero-order valence-corrected chi connectivity index (χ0v) is 17.2. The van der Waals surface area contributed by atoms with Crippen molar-refractivity contribution in [2.24, 2.45) is 5.16 Å². The molecule has 2 aromatic rings. The van der Waals surface area contributed by atoms with Crippen molar-refractivity contribution in [3.63, 3.8) is 0 Å². The first-order valence-electron chi connectivity index (χ1n) is 9.23. The van der Waals surface area contributed by atoms with E-state index < -0.39 is 0 Å². The third-order valence-corrected chi connectivity index (χ3v) is 4.83. The molecule has 0 aliphatic heterocycles. The van der Waals surface area contributed by atoms with E-state index in [4.69, 9.17) is 4.84 Å². The van der Waals surface area contributed by atoms with Crippen LogP contribution in [0.1, 0.15) is 52.7 Å². The maximum atomic E-state index is 12.1. The smallest absolute Gasteiger partial charge is 0.265 e. The molecule has 2 aromatic carbocycles. The lowest BCUT2D eigenvalue weighted by Crippen LogP contribution is -2.27. The third kappa shape index (κ3) is 5.68. The molecule has 0 spiro atoms. The highest BCUT2D eigenvalue weighted by Crippen LogP contribution is 2.25. The average Bonchev–Trinajstić information content (AvgIpc) is 2.62. The largest absolute Gasteiger partial charge is 0.386 e. The Morgan fingerprint density at radius 3 is 2.07 bits per heavy atom. The van der Waals surface area contributed by atoms with E-state index in [-0.39, 0.29) is 23.3 Å². The molecular formula is C23H30N2O2. The minimum atomic E-state index is -0.263. The van der Waals surface area contributed by atoms with Crippen molar-refractivity contribution < 1.29 is 9.63 Å². The molecule has 144 valence electrons. The second-order valence-electron chi connectivity index (χ2n) is 8.32. The van der Waals surface area contributed by atoms with Crippen molar-refractivity contribution in [1.82, 2.24) is 0 Å². The quantitative estimate of drug-likeness (QED) is 0.557.